The van der Waals surface area contributed by atoms with Gasteiger partial charge in [0.05, 0.1) is 5.56 Å². The first-order valence-corrected chi connectivity index (χ1v) is 6.21. The Hall–Kier alpha value is -1.07. The summed E-state index contributed by atoms with van der Waals surface area (Å²) >= 11 is 0. The first-order valence-electron chi connectivity index (χ1n) is 6.21. The second-order valence-corrected chi connectivity index (χ2v) is 4.76. The molecule has 0 heterocycles. The number of halogens is 3. The van der Waals surface area contributed by atoms with Crippen LogP contribution in [0.2, 0.25) is 0 Å². The maximum absolute atomic E-state index is 12.7. The number of alkyl halides is 3. The van der Waals surface area contributed by atoms with Crippen LogP contribution in [0.25, 0.3) is 0 Å². The Morgan fingerprint density at radius 1 is 1.32 bits per heavy atom. The Kier molecular flexibility index (Phi) is 5.82. The molecule has 0 saturated heterocycles. The summed E-state index contributed by atoms with van der Waals surface area (Å²) in [5.41, 5.74) is 0.0462. The van der Waals surface area contributed by atoms with E-state index in [0.29, 0.717) is 12.2 Å². The Labute approximate surface area is 112 Å². The largest absolute Gasteiger partial charge is 0.416 e. The minimum atomic E-state index is -4.30. The van der Waals surface area contributed by atoms with Crippen molar-refractivity contribution in [3.8, 4) is 0 Å². The highest BCUT2D eigenvalue weighted by Crippen LogP contribution is 2.31. The van der Waals surface area contributed by atoms with Crippen LogP contribution >= 0.6 is 0 Å². The Balaban J connectivity index is 2.87. The third kappa shape index (κ3) is 4.84. The van der Waals surface area contributed by atoms with Crippen LogP contribution in [0.3, 0.4) is 0 Å². The van der Waals surface area contributed by atoms with E-state index in [4.69, 9.17) is 4.74 Å². The fraction of sp³-hybridized carbons (Fsp3) is 0.571. The number of rotatable bonds is 6. The van der Waals surface area contributed by atoms with E-state index in [0.717, 1.165) is 12.5 Å². The first kappa shape index (κ1) is 16.0. The van der Waals surface area contributed by atoms with Gasteiger partial charge in [-0.15, -0.1) is 0 Å². The molecule has 0 saturated carbocycles. The minimum absolute atomic E-state index is 0.104. The second kappa shape index (κ2) is 6.91. The molecule has 2 atom stereocenters. The van der Waals surface area contributed by atoms with Crippen LogP contribution in [0.4, 0.5) is 13.2 Å². The van der Waals surface area contributed by atoms with Gasteiger partial charge in [-0.25, -0.2) is 0 Å². The Morgan fingerprint density at radius 3 is 2.53 bits per heavy atom. The van der Waals surface area contributed by atoms with Gasteiger partial charge < -0.3 is 10.1 Å². The zero-order valence-corrected chi connectivity index (χ0v) is 11.4. The van der Waals surface area contributed by atoms with Crippen molar-refractivity contribution >= 4 is 0 Å². The van der Waals surface area contributed by atoms with E-state index in [1.165, 1.54) is 12.1 Å². The highest BCUT2D eigenvalue weighted by atomic mass is 19.4. The summed E-state index contributed by atoms with van der Waals surface area (Å²) in [6.45, 7) is 2.61. The van der Waals surface area contributed by atoms with Gasteiger partial charge in [0.1, 0.15) is 0 Å². The third-order valence-corrected chi connectivity index (χ3v) is 3.05. The van der Waals surface area contributed by atoms with Crippen molar-refractivity contribution in [3.05, 3.63) is 35.4 Å². The van der Waals surface area contributed by atoms with Crippen molar-refractivity contribution in [1.82, 2.24) is 5.32 Å². The van der Waals surface area contributed by atoms with Crippen molar-refractivity contribution in [1.29, 1.82) is 0 Å². The summed E-state index contributed by atoms with van der Waals surface area (Å²) in [6.07, 6.45) is -3.57. The lowest BCUT2D eigenvalue weighted by Gasteiger charge is -2.21. The molecular weight excluding hydrogens is 255 g/mol. The summed E-state index contributed by atoms with van der Waals surface area (Å²) < 4.78 is 43.1. The molecule has 108 valence electrons. The van der Waals surface area contributed by atoms with Crippen LogP contribution in [-0.4, -0.2) is 20.8 Å². The molecule has 0 aromatic heterocycles. The van der Waals surface area contributed by atoms with Crippen LogP contribution in [0.1, 0.15) is 30.5 Å². The van der Waals surface area contributed by atoms with Crippen LogP contribution in [0, 0.1) is 5.92 Å². The molecule has 0 radical (unpaired) electrons. The van der Waals surface area contributed by atoms with Gasteiger partial charge in [0.15, 0.2) is 0 Å². The maximum atomic E-state index is 12.7. The van der Waals surface area contributed by atoms with Crippen molar-refractivity contribution in [3.63, 3.8) is 0 Å². The predicted octanol–water partition coefficient (Wildman–Crippen LogP) is 3.64. The predicted molar refractivity (Wildman–Crippen MR) is 68.9 cm³/mol. The van der Waals surface area contributed by atoms with Crippen molar-refractivity contribution < 1.29 is 17.9 Å². The van der Waals surface area contributed by atoms with E-state index in [2.05, 4.69) is 5.32 Å². The molecule has 0 amide bonds. The van der Waals surface area contributed by atoms with Gasteiger partial charge in [-0.2, -0.15) is 13.2 Å². The zero-order valence-electron chi connectivity index (χ0n) is 11.4. The lowest BCUT2D eigenvalue weighted by molar-refractivity contribution is -0.137. The molecule has 19 heavy (non-hydrogen) atoms. The van der Waals surface area contributed by atoms with Crippen LogP contribution in [-0.2, 0) is 10.9 Å². The molecule has 0 aliphatic heterocycles. The molecule has 0 aliphatic rings. The molecular formula is C14H20F3NO. The fourth-order valence-corrected chi connectivity index (χ4v) is 2.11. The van der Waals surface area contributed by atoms with Gasteiger partial charge in [0.25, 0.3) is 0 Å². The van der Waals surface area contributed by atoms with E-state index < -0.39 is 11.7 Å². The molecule has 1 aromatic rings. The van der Waals surface area contributed by atoms with E-state index in [1.807, 2.05) is 6.92 Å². The minimum Gasteiger partial charge on any atom is -0.384 e. The number of methoxy groups -OCH3 is 1. The molecule has 1 rings (SSSR count). The van der Waals surface area contributed by atoms with Gasteiger partial charge in [-0.05, 0) is 37.1 Å². The molecule has 1 N–H and O–H groups in total. The standard InChI is InChI=1S/C14H20F3NO/c1-10(9-19-3)7-13(18-2)11-5-4-6-12(8-11)14(15,16)17/h4-6,8,10,13,18H,7,9H2,1-3H3. The molecule has 5 heteroatoms. The van der Waals surface area contributed by atoms with Crippen LogP contribution in [0.15, 0.2) is 24.3 Å². The quantitative estimate of drug-likeness (QED) is 0.856. The van der Waals surface area contributed by atoms with Gasteiger partial charge >= 0.3 is 6.18 Å². The van der Waals surface area contributed by atoms with Gasteiger partial charge in [-0.3, -0.25) is 0 Å². The van der Waals surface area contributed by atoms with Crippen molar-refractivity contribution in [2.75, 3.05) is 20.8 Å². The zero-order chi connectivity index (χ0) is 14.5. The van der Waals surface area contributed by atoms with Gasteiger partial charge in [0, 0.05) is 19.8 Å². The summed E-state index contributed by atoms with van der Waals surface area (Å²) in [5, 5.41) is 3.06. The van der Waals surface area contributed by atoms with Crippen molar-refractivity contribution in [2.24, 2.45) is 5.92 Å². The smallest absolute Gasteiger partial charge is 0.384 e. The summed E-state index contributed by atoms with van der Waals surface area (Å²) in [6, 6.07) is 5.36. The first-order chi connectivity index (χ1) is 8.88. The molecule has 0 fully saturated rings. The maximum Gasteiger partial charge on any atom is 0.416 e. The van der Waals surface area contributed by atoms with E-state index in [1.54, 1.807) is 20.2 Å². The molecule has 0 spiro atoms. The third-order valence-electron chi connectivity index (χ3n) is 3.05. The number of ether oxygens (including phenoxy) is 1. The second-order valence-electron chi connectivity index (χ2n) is 4.76. The van der Waals surface area contributed by atoms with Crippen molar-refractivity contribution in [2.45, 2.75) is 25.6 Å². The molecule has 0 aliphatic carbocycles. The topological polar surface area (TPSA) is 21.3 Å². The Bertz CT molecular complexity index is 393. The highest BCUT2D eigenvalue weighted by molar-refractivity contribution is 5.28. The monoisotopic (exact) mass is 275 g/mol. The highest BCUT2D eigenvalue weighted by Gasteiger charge is 2.31. The average molecular weight is 275 g/mol. The SMILES string of the molecule is CNC(CC(C)COC)c1cccc(C(F)(F)F)c1. The number of hydrogen-bond acceptors (Lipinski definition) is 2. The molecule has 0 bridgehead atoms. The lowest BCUT2D eigenvalue weighted by atomic mass is 9.95. The van der Waals surface area contributed by atoms with E-state index in [-0.39, 0.29) is 12.0 Å². The van der Waals surface area contributed by atoms with E-state index >= 15 is 0 Å². The summed E-state index contributed by atoms with van der Waals surface area (Å²) in [5.74, 6) is 0.275. The van der Waals surface area contributed by atoms with E-state index in [9.17, 15) is 13.2 Å². The normalized spacial score (nSPS) is 15.3. The number of benzene rings is 1. The van der Waals surface area contributed by atoms with Crippen LogP contribution in [0.5, 0.6) is 0 Å². The van der Waals surface area contributed by atoms with Gasteiger partial charge in [-0.1, -0.05) is 19.1 Å². The Morgan fingerprint density at radius 2 is 2.00 bits per heavy atom. The van der Waals surface area contributed by atoms with Crippen LogP contribution < -0.4 is 5.32 Å². The summed E-state index contributed by atoms with van der Waals surface area (Å²) in [4.78, 5) is 0. The molecule has 1 aromatic carbocycles. The number of nitrogens with one attached hydrogen (secondary N) is 1. The number of hydrogen-bond donors (Lipinski definition) is 1. The fourth-order valence-electron chi connectivity index (χ4n) is 2.11. The molecule has 2 nitrogen and oxygen atoms in total. The summed E-state index contributed by atoms with van der Waals surface area (Å²) in [7, 11) is 3.37. The average Bonchev–Trinajstić information content (AvgIpc) is 2.35. The lowest BCUT2D eigenvalue weighted by Crippen LogP contribution is -2.21. The molecule has 2 unspecified atom stereocenters. The van der Waals surface area contributed by atoms with Gasteiger partial charge in [0.2, 0.25) is 0 Å².